The molecule has 1 saturated heterocycles. The fourth-order valence-electron chi connectivity index (χ4n) is 3.67. The van der Waals surface area contributed by atoms with Crippen molar-refractivity contribution in [3.8, 4) is 0 Å². The van der Waals surface area contributed by atoms with E-state index in [0.29, 0.717) is 16.6 Å². The lowest BCUT2D eigenvalue weighted by molar-refractivity contribution is -0.142. The summed E-state index contributed by atoms with van der Waals surface area (Å²) in [7, 11) is 0. The van der Waals surface area contributed by atoms with Crippen molar-refractivity contribution in [3.63, 3.8) is 0 Å². The summed E-state index contributed by atoms with van der Waals surface area (Å²) in [5.74, 6) is -1.41. The molecule has 0 aliphatic carbocycles. The molecule has 0 amide bonds. The first-order chi connectivity index (χ1) is 10.7. The Morgan fingerprint density at radius 1 is 1.35 bits per heavy atom. The van der Waals surface area contributed by atoms with E-state index in [1.54, 1.807) is 12.1 Å². The lowest BCUT2D eigenvalue weighted by Gasteiger charge is -2.36. The number of carboxylic acid groups (broad SMARTS) is 1. The predicted octanol–water partition coefficient (Wildman–Crippen LogP) is 5.75. The number of rotatable bonds is 6. The standard InChI is InChI=1S/C18H24Cl2NO2/c1-4-7-18(2,3)9-15-16(17(22)23)12(10-21-15)11-5-6-13(19)14(20)8-11/h5-6,8,12,15-16H,4,7,9-10H2,1-3H3,(H,22,23)/q-1/t12?,15?,16-/m1/s1. The highest BCUT2D eigenvalue weighted by molar-refractivity contribution is 6.42. The van der Waals surface area contributed by atoms with E-state index in [0.717, 1.165) is 24.8 Å². The molecule has 5 heteroatoms. The predicted molar refractivity (Wildman–Crippen MR) is 95.6 cm³/mol. The van der Waals surface area contributed by atoms with Crippen molar-refractivity contribution in [2.45, 2.75) is 52.0 Å². The summed E-state index contributed by atoms with van der Waals surface area (Å²) in [6.07, 6.45) is 2.96. The van der Waals surface area contributed by atoms with E-state index in [4.69, 9.17) is 23.2 Å². The number of benzene rings is 1. The summed E-state index contributed by atoms with van der Waals surface area (Å²) in [6, 6.07) is 5.23. The van der Waals surface area contributed by atoms with Crippen molar-refractivity contribution in [2.75, 3.05) is 6.54 Å². The van der Waals surface area contributed by atoms with Crippen LogP contribution in [0.2, 0.25) is 10.0 Å². The number of hydrogen-bond donors (Lipinski definition) is 1. The Balaban J connectivity index is 2.22. The number of carbonyl (C=O) groups is 1. The van der Waals surface area contributed by atoms with Crippen LogP contribution in [0.25, 0.3) is 5.32 Å². The van der Waals surface area contributed by atoms with E-state index in [1.165, 1.54) is 0 Å². The number of carboxylic acids is 1. The normalized spacial score (nSPS) is 24.8. The summed E-state index contributed by atoms with van der Waals surface area (Å²) < 4.78 is 0. The molecule has 23 heavy (non-hydrogen) atoms. The van der Waals surface area contributed by atoms with E-state index in [-0.39, 0.29) is 17.4 Å². The maximum atomic E-state index is 11.9. The summed E-state index contributed by atoms with van der Waals surface area (Å²) in [5.41, 5.74) is 1.01. The van der Waals surface area contributed by atoms with Crippen LogP contribution in [0.3, 0.4) is 0 Å². The minimum absolute atomic E-state index is 0.100. The summed E-state index contributed by atoms with van der Waals surface area (Å²) in [4.78, 5) is 11.9. The molecule has 1 N–H and O–H groups in total. The molecule has 128 valence electrons. The van der Waals surface area contributed by atoms with Crippen LogP contribution in [0.1, 0.15) is 51.5 Å². The van der Waals surface area contributed by atoms with Crippen LogP contribution in [-0.4, -0.2) is 23.7 Å². The molecule has 2 rings (SSSR count). The summed E-state index contributed by atoms with van der Waals surface area (Å²) >= 11 is 12.1. The van der Waals surface area contributed by atoms with Crippen LogP contribution < -0.4 is 0 Å². The molecule has 2 unspecified atom stereocenters. The summed E-state index contributed by atoms with van der Waals surface area (Å²) in [6.45, 7) is 7.07. The molecule has 1 aliphatic heterocycles. The zero-order valence-corrected chi connectivity index (χ0v) is 15.4. The van der Waals surface area contributed by atoms with Gasteiger partial charge in [-0.1, -0.05) is 62.9 Å². The first-order valence-corrected chi connectivity index (χ1v) is 8.85. The van der Waals surface area contributed by atoms with Gasteiger partial charge in [-0.05, 0) is 35.4 Å². The molecule has 0 radical (unpaired) electrons. The van der Waals surface area contributed by atoms with Crippen molar-refractivity contribution in [3.05, 3.63) is 39.1 Å². The van der Waals surface area contributed by atoms with Gasteiger partial charge in [0.15, 0.2) is 0 Å². The molecular formula is C18H24Cl2NO2-. The Morgan fingerprint density at radius 2 is 2.04 bits per heavy atom. The fraction of sp³-hybridized carbons (Fsp3) is 0.611. The van der Waals surface area contributed by atoms with Gasteiger partial charge in [0.1, 0.15) is 0 Å². The van der Waals surface area contributed by atoms with Crippen LogP contribution in [0.4, 0.5) is 0 Å². The van der Waals surface area contributed by atoms with Crippen LogP contribution in [0, 0.1) is 11.3 Å². The van der Waals surface area contributed by atoms with Crippen molar-refractivity contribution in [1.29, 1.82) is 0 Å². The second kappa shape index (κ2) is 7.42. The molecule has 3 nitrogen and oxygen atoms in total. The Bertz CT molecular complexity index is 574. The Labute approximate surface area is 148 Å². The molecule has 0 spiro atoms. The van der Waals surface area contributed by atoms with Crippen LogP contribution >= 0.6 is 23.2 Å². The van der Waals surface area contributed by atoms with E-state index in [2.05, 4.69) is 26.1 Å². The van der Waals surface area contributed by atoms with E-state index < -0.39 is 11.9 Å². The quantitative estimate of drug-likeness (QED) is 0.705. The highest BCUT2D eigenvalue weighted by atomic mass is 35.5. The minimum atomic E-state index is -0.778. The lowest BCUT2D eigenvalue weighted by Crippen LogP contribution is -2.31. The van der Waals surface area contributed by atoms with Gasteiger partial charge in [-0.25, -0.2) is 0 Å². The Hall–Kier alpha value is -0.770. The van der Waals surface area contributed by atoms with Crippen LogP contribution in [0.15, 0.2) is 18.2 Å². The molecule has 3 atom stereocenters. The first-order valence-electron chi connectivity index (χ1n) is 8.09. The monoisotopic (exact) mass is 356 g/mol. The SMILES string of the molecule is CCCC(C)(C)CC1[N-]CC(c2ccc(Cl)c(Cl)c2)[C@H]1C(=O)O. The minimum Gasteiger partial charge on any atom is -0.658 e. The molecule has 0 bridgehead atoms. The van der Waals surface area contributed by atoms with Gasteiger partial charge in [0, 0.05) is 5.92 Å². The molecular weight excluding hydrogens is 333 g/mol. The molecule has 0 saturated carbocycles. The van der Waals surface area contributed by atoms with E-state index >= 15 is 0 Å². The largest absolute Gasteiger partial charge is 0.658 e. The highest BCUT2D eigenvalue weighted by Gasteiger charge is 2.37. The van der Waals surface area contributed by atoms with Crippen molar-refractivity contribution in [2.24, 2.45) is 11.3 Å². The van der Waals surface area contributed by atoms with Crippen LogP contribution in [-0.2, 0) is 4.79 Å². The molecule has 0 aromatic heterocycles. The third-order valence-corrected chi connectivity index (χ3v) is 5.47. The second-order valence-electron chi connectivity index (χ2n) is 7.19. The zero-order chi connectivity index (χ0) is 17.2. The van der Waals surface area contributed by atoms with Crippen molar-refractivity contribution >= 4 is 29.2 Å². The Morgan fingerprint density at radius 3 is 2.61 bits per heavy atom. The second-order valence-corrected chi connectivity index (χ2v) is 8.01. The van der Waals surface area contributed by atoms with E-state index in [9.17, 15) is 9.90 Å². The zero-order valence-electron chi connectivity index (χ0n) is 13.9. The third kappa shape index (κ3) is 4.40. The molecule has 1 heterocycles. The van der Waals surface area contributed by atoms with Gasteiger partial charge < -0.3 is 10.4 Å². The highest BCUT2D eigenvalue weighted by Crippen LogP contribution is 2.45. The summed E-state index contributed by atoms with van der Waals surface area (Å²) in [5, 5.41) is 15.4. The average molecular weight is 357 g/mol. The maximum Gasteiger partial charge on any atom is 0.305 e. The average Bonchev–Trinajstić information content (AvgIpc) is 2.84. The number of nitrogens with zero attached hydrogens (tertiary/aromatic N) is 1. The molecule has 1 aromatic carbocycles. The third-order valence-electron chi connectivity index (χ3n) is 4.73. The van der Waals surface area contributed by atoms with Crippen LogP contribution in [0.5, 0.6) is 0 Å². The number of aliphatic carboxylic acids is 1. The van der Waals surface area contributed by atoms with Gasteiger partial charge in [-0.2, -0.15) is 0 Å². The first kappa shape index (κ1) is 18.6. The van der Waals surface area contributed by atoms with Gasteiger partial charge >= 0.3 is 5.97 Å². The van der Waals surface area contributed by atoms with Gasteiger partial charge in [0.05, 0.1) is 10.0 Å². The van der Waals surface area contributed by atoms with Gasteiger partial charge in [-0.3, -0.25) is 4.79 Å². The molecule has 1 aromatic rings. The number of hydrogen-bond acceptors (Lipinski definition) is 1. The van der Waals surface area contributed by atoms with Crippen molar-refractivity contribution < 1.29 is 9.90 Å². The van der Waals surface area contributed by atoms with E-state index in [1.807, 2.05) is 6.07 Å². The smallest absolute Gasteiger partial charge is 0.305 e. The Kier molecular flexibility index (Phi) is 5.99. The van der Waals surface area contributed by atoms with Gasteiger partial charge in [0.2, 0.25) is 0 Å². The topological polar surface area (TPSA) is 51.4 Å². The maximum absolute atomic E-state index is 11.9. The van der Waals surface area contributed by atoms with Gasteiger partial charge in [-0.15, -0.1) is 12.6 Å². The van der Waals surface area contributed by atoms with Crippen molar-refractivity contribution in [1.82, 2.24) is 0 Å². The number of halogens is 2. The van der Waals surface area contributed by atoms with Gasteiger partial charge in [0.25, 0.3) is 0 Å². The molecule has 1 fully saturated rings. The lowest BCUT2D eigenvalue weighted by atomic mass is 9.76. The fourth-order valence-corrected chi connectivity index (χ4v) is 3.98. The molecule has 1 aliphatic rings.